The maximum Gasteiger partial charge on any atom is 0.332 e. The SMILES string of the molecule is CC(C)c1ccc(C(=O)Cn2cnc3c2c(=O)n(C)c(=O)n3C)c(C(C)C)c1. The fraction of sp³-hybridized carbons (Fsp3) is 0.429. The molecule has 0 unspecified atom stereocenters. The molecule has 0 spiro atoms. The summed E-state index contributed by atoms with van der Waals surface area (Å²) in [5, 5.41) is 0. The van der Waals surface area contributed by atoms with Gasteiger partial charge in [-0.1, -0.05) is 45.9 Å². The van der Waals surface area contributed by atoms with Gasteiger partial charge >= 0.3 is 5.69 Å². The maximum atomic E-state index is 13.1. The molecule has 28 heavy (non-hydrogen) atoms. The van der Waals surface area contributed by atoms with Crippen molar-refractivity contribution in [3.05, 3.63) is 62.1 Å². The molecule has 0 aliphatic heterocycles. The van der Waals surface area contributed by atoms with E-state index in [2.05, 4.69) is 38.7 Å². The van der Waals surface area contributed by atoms with Gasteiger partial charge in [0.2, 0.25) is 0 Å². The summed E-state index contributed by atoms with van der Waals surface area (Å²) in [6.07, 6.45) is 1.45. The fourth-order valence-electron chi connectivity index (χ4n) is 3.43. The second-order valence-electron chi connectivity index (χ2n) is 7.83. The van der Waals surface area contributed by atoms with Gasteiger partial charge in [0.15, 0.2) is 16.9 Å². The van der Waals surface area contributed by atoms with Crippen molar-refractivity contribution >= 4 is 16.9 Å². The number of hydrogen-bond acceptors (Lipinski definition) is 4. The number of benzene rings is 1. The molecular weight excluding hydrogens is 356 g/mol. The van der Waals surface area contributed by atoms with E-state index in [9.17, 15) is 14.4 Å². The molecule has 0 N–H and O–H groups in total. The summed E-state index contributed by atoms with van der Waals surface area (Å²) in [7, 11) is 2.98. The third-order valence-corrected chi connectivity index (χ3v) is 5.20. The van der Waals surface area contributed by atoms with E-state index in [1.807, 2.05) is 12.1 Å². The van der Waals surface area contributed by atoms with E-state index in [0.29, 0.717) is 11.5 Å². The molecule has 0 radical (unpaired) electrons. The first-order valence-corrected chi connectivity index (χ1v) is 9.41. The lowest BCUT2D eigenvalue weighted by Crippen LogP contribution is -2.37. The third kappa shape index (κ3) is 3.21. The molecular formula is C21H26N4O3. The fourth-order valence-corrected chi connectivity index (χ4v) is 3.43. The lowest BCUT2D eigenvalue weighted by molar-refractivity contribution is 0.0972. The highest BCUT2D eigenvalue weighted by Gasteiger charge is 2.19. The minimum absolute atomic E-state index is 0.00924. The molecule has 0 saturated carbocycles. The van der Waals surface area contributed by atoms with Gasteiger partial charge in [-0.25, -0.2) is 9.78 Å². The highest BCUT2D eigenvalue weighted by atomic mass is 16.2. The Morgan fingerprint density at radius 3 is 2.32 bits per heavy atom. The molecule has 2 heterocycles. The molecule has 1 aromatic carbocycles. The summed E-state index contributed by atoms with van der Waals surface area (Å²) in [6.45, 7) is 8.37. The van der Waals surface area contributed by atoms with Gasteiger partial charge in [-0.15, -0.1) is 0 Å². The van der Waals surface area contributed by atoms with Crippen LogP contribution in [0.2, 0.25) is 0 Å². The average Bonchev–Trinajstić information content (AvgIpc) is 3.07. The molecule has 0 amide bonds. The van der Waals surface area contributed by atoms with E-state index in [-0.39, 0.29) is 29.4 Å². The van der Waals surface area contributed by atoms with Crippen LogP contribution in [0.15, 0.2) is 34.1 Å². The Morgan fingerprint density at radius 2 is 1.71 bits per heavy atom. The van der Waals surface area contributed by atoms with Crippen molar-refractivity contribution in [1.82, 2.24) is 18.7 Å². The van der Waals surface area contributed by atoms with Crippen LogP contribution in [0.1, 0.15) is 61.0 Å². The summed E-state index contributed by atoms with van der Waals surface area (Å²) in [6, 6.07) is 5.95. The van der Waals surface area contributed by atoms with Crippen molar-refractivity contribution < 1.29 is 4.79 Å². The number of Topliss-reactive ketones (excluding diaryl/α,β-unsaturated/α-hetero) is 1. The van der Waals surface area contributed by atoms with Crippen molar-refractivity contribution in [2.24, 2.45) is 14.1 Å². The summed E-state index contributed by atoms with van der Waals surface area (Å²) in [5.74, 6) is 0.489. The van der Waals surface area contributed by atoms with Gasteiger partial charge in [0, 0.05) is 19.7 Å². The van der Waals surface area contributed by atoms with Gasteiger partial charge in [-0.05, 0) is 23.0 Å². The molecule has 0 atom stereocenters. The Kier molecular flexibility index (Phi) is 5.10. The number of fused-ring (bicyclic) bond motifs is 1. The van der Waals surface area contributed by atoms with Crippen LogP contribution in [0, 0.1) is 0 Å². The molecule has 0 bridgehead atoms. The molecule has 0 fully saturated rings. The van der Waals surface area contributed by atoms with Gasteiger partial charge < -0.3 is 4.57 Å². The topological polar surface area (TPSA) is 78.9 Å². The van der Waals surface area contributed by atoms with Gasteiger partial charge in [-0.2, -0.15) is 0 Å². The highest BCUT2D eigenvalue weighted by Crippen LogP contribution is 2.25. The number of aryl methyl sites for hydroxylation is 1. The largest absolute Gasteiger partial charge is 0.332 e. The molecule has 0 aliphatic rings. The van der Waals surface area contributed by atoms with E-state index in [1.54, 1.807) is 7.05 Å². The van der Waals surface area contributed by atoms with Gasteiger partial charge in [-0.3, -0.25) is 18.7 Å². The molecule has 0 aliphatic carbocycles. The van der Waals surface area contributed by atoms with Crippen LogP contribution in [-0.4, -0.2) is 24.5 Å². The highest BCUT2D eigenvalue weighted by molar-refractivity contribution is 5.98. The van der Waals surface area contributed by atoms with E-state index in [1.165, 1.54) is 28.1 Å². The summed E-state index contributed by atoms with van der Waals surface area (Å²) in [4.78, 5) is 41.9. The summed E-state index contributed by atoms with van der Waals surface area (Å²) >= 11 is 0. The van der Waals surface area contributed by atoms with E-state index in [4.69, 9.17) is 0 Å². The van der Waals surface area contributed by atoms with Crippen LogP contribution in [-0.2, 0) is 20.6 Å². The van der Waals surface area contributed by atoms with Crippen LogP contribution < -0.4 is 11.2 Å². The van der Waals surface area contributed by atoms with E-state index in [0.717, 1.165) is 10.1 Å². The molecule has 7 heteroatoms. The van der Waals surface area contributed by atoms with Crippen molar-refractivity contribution in [2.45, 2.75) is 46.1 Å². The van der Waals surface area contributed by atoms with E-state index < -0.39 is 11.2 Å². The smallest absolute Gasteiger partial charge is 0.317 e. The zero-order valence-electron chi connectivity index (χ0n) is 17.2. The Morgan fingerprint density at radius 1 is 1.04 bits per heavy atom. The Balaban J connectivity index is 2.08. The van der Waals surface area contributed by atoms with Crippen LogP contribution in [0.4, 0.5) is 0 Å². The molecule has 3 aromatic rings. The van der Waals surface area contributed by atoms with Gasteiger partial charge in [0.1, 0.15) is 0 Å². The van der Waals surface area contributed by atoms with Crippen LogP contribution in [0.3, 0.4) is 0 Å². The molecule has 148 valence electrons. The quantitative estimate of drug-likeness (QED) is 0.635. The number of ketones is 1. The predicted molar refractivity (Wildman–Crippen MR) is 109 cm³/mol. The first kappa shape index (κ1) is 19.8. The molecule has 0 saturated heterocycles. The second kappa shape index (κ2) is 7.22. The minimum atomic E-state index is -0.456. The number of rotatable bonds is 5. The number of aromatic nitrogens is 4. The first-order chi connectivity index (χ1) is 13.1. The predicted octanol–water partition coefficient (Wildman–Crippen LogP) is 2.56. The van der Waals surface area contributed by atoms with Gasteiger partial charge in [0.05, 0.1) is 12.9 Å². The Bertz CT molecular complexity index is 1180. The van der Waals surface area contributed by atoms with Crippen molar-refractivity contribution in [1.29, 1.82) is 0 Å². The third-order valence-electron chi connectivity index (χ3n) is 5.20. The second-order valence-corrected chi connectivity index (χ2v) is 7.83. The zero-order valence-corrected chi connectivity index (χ0v) is 17.2. The maximum absolute atomic E-state index is 13.1. The molecule has 7 nitrogen and oxygen atoms in total. The first-order valence-electron chi connectivity index (χ1n) is 9.41. The monoisotopic (exact) mass is 382 g/mol. The average molecular weight is 382 g/mol. The Labute approximate surface area is 163 Å². The number of hydrogen-bond donors (Lipinski definition) is 0. The number of imidazole rings is 1. The van der Waals surface area contributed by atoms with Crippen LogP contribution in [0.5, 0.6) is 0 Å². The normalized spacial score (nSPS) is 11.7. The van der Waals surface area contributed by atoms with Crippen molar-refractivity contribution in [3.8, 4) is 0 Å². The Hall–Kier alpha value is -2.96. The standard InChI is InChI=1S/C21H26N4O3/c1-12(2)14-7-8-15(16(9-14)13(3)4)17(26)10-25-11-22-19-18(25)20(27)24(6)21(28)23(19)5/h7-9,11-13H,10H2,1-6H3. The lowest BCUT2D eigenvalue weighted by Gasteiger charge is -2.16. The zero-order chi connectivity index (χ0) is 20.7. The van der Waals surface area contributed by atoms with E-state index >= 15 is 0 Å². The number of nitrogens with zero attached hydrogens (tertiary/aromatic N) is 4. The summed E-state index contributed by atoms with van der Waals surface area (Å²) < 4.78 is 3.87. The number of carbonyl (C=O) groups excluding carboxylic acids is 1. The van der Waals surface area contributed by atoms with Crippen LogP contribution in [0.25, 0.3) is 11.2 Å². The van der Waals surface area contributed by atoms with Crippen molar-refractivity contribution in [3.63, 3.8) is 0 Å². The summed E-state index contributed by atoms with van der Waals surface area (Å²) in [5.41, 5.74) is 2.48. The lowest BCUT2D eigenvalue weighted by atomic mass is 9.90. The molecule has 2 aromatic heterocycles. The minimum Gasteiger partial charge on any atom is -0.317 e. The van der Waals surface area contributed by atoms with Crippen LogP contribution >= 0.6 is 0 Å². The van der Waals surface area contributed by atoms with Gasteiger partial charge in [0.25, 0.3) is 5.56 Å². The van der Waals surface area contributed by atoms with Crippen molar-refractivity contribution in [2.75, 3.05) is 0 Å². The number of carbonyl (C=O) groups is 1. The molecule has 3 rings (SSSR count).